The van der Waals surface area contributed by atoms with Crippen LogP contribution in [0.25, 0.3) is 0 Å². The van der Waals surface area contributed by atoms with E-state index in [0.29, 0.717) is 0 Å². The molecule has 1 aromatic heterocycles. The molecule has 0 radical (unpaired) electrons. The molecule has 2 unspecified atom stereocenters. The predicted octanol–water partition coefficient (Wildman–Crippen LogP) is 1.72. The van der Waals surface area contributed by atoms with Crippen LogP contribution in [-0.4, -0.2) is 28.8 Å². The molecule has 6 heteroatoms. The first-order valence-electron chi connectivity index (χ1n) is 5.60. The standard InChI is InChI=1S/C12H15F2NO3/c1-3-12(17,10(14)11(16)18-4-2)9-6-5-8(13)7-15-9/h5-7,10,17H,3-4H2,1-2H3. The van der Waals surface area contributed by atoms with Crippen molar-refractivity contribution in [2.24, 2.45) is 0 Å². The first-order valence-corrected chi connectivity index (χ1v) is 5.60. The van der Waals surface area contributed by atoms with E-state index in [1.165, 1.54) is 13.8 Å². The highest BCUT2D eigenvalue weighted by atomic mass is 19.1. The second-order valence-electron chi connectivity index (χ2n) is 3.75. The summed E-state index contributed by atoms with van der Waals surface area (Å²) in [7, 11) is 0. The van der Waals surface area contributed by atoms with E-state index in [1.54, 1.807) is 0 Å². The van der Waals surface area contributed by atoms with Crippen molar-refractivity contribution in [3.05, 3.63) is 29.8 Å². The van der Waals surface area contributed by atoms with Gasteiger partial charge in [-0.15, -0.1) is 0 Å². The van der Waals surface area contributed by atoms with Gasteiger partial charge in [0.1, 0.15) is 11.4 Å². The molecule has 0 aliphatic rings. The molecular weight excluding hydrogens is 244 g/mol. The Hall–Kier alpha value is -1.56. The fourth-order valence-corrected chi connectivity index (χ4v) is 1.53. The number of esters is 1. The lowest BCUT2D eigenvalue weighted by molar-refractivity contribution is -0.162. The Balaban J connectivity index is 3.04. The van der Waals surface area contributed by atoms with E-state index in [9.17, 15) is 18.7 Å². The molecule has 4 nitrogen and oxygen atoms in total. The molecule has 1 heterocycles. The molecule has 0 spiro atoms. The SMILES string of the molecule is CCOC(=O)C(F)C(O)(CC)c1ccc(F)cn1. The summed E-state index contributed by atoms with van der Waals surface area (Å²) in [5.41, 5.74) is -2.22. The van der Waals surface area contributed by atoms with Crippen molar-refractivity contribution < 1.29 is 23.4 Å². The quantitative estimate of drug-likeness (QED) is 0.818. The van der Waals surface area contributed by atoms with Gasteiger partial charge in [-0.3, -0.25) is 4.98 Å². The number of carbonyl (C=O) groups is 1. The van der Waals surface area contributed by atoms with Crippen LogP contribution < -0.4 is 0 Å². The number of aliphatic hydroxyl groups is 1. The average Bonchev–Trinajstić information content (AvgIpc) is 2.38. The summed E-state index contributed by atoms with van der Waals surface area (Å²) in [6, 6.07) is 2.19. The Morgan fingerprint density at radius 3 is 2.67 bits per heavy atom. The highest BCUT2D eigenvalue weighted by molar-refractivity contribution is 5.76. The zero-order chi connectivity index (χ0) is 13.8. The Bertz CT molecular complexity index is 410. The van der Waals surface area contributed by atoms with Crippen LogP contribution in [0.15, 0.2) is 18.3 Å². The van der Waals surface area contributed by atoms with E-state index < -0.39 is 23.6 Å². The fourth-order valence-electron chi connectivity index (χ4n) is 1.53. The Kier molecular flexibility index (Phi) is 4.72. The van der Waals surface area contributed by atoms with Gasteiger partial charge in [-0.1, -0.05) is 6.92 Å². The van der Waals surface area contributed by atoms with Gasteiger partial charge in [-0.05, 0) is 25.5 Å². The van der Waals surface area contributed by atoms with E-state index >= 15 is 0 Å². The van der Waals surface area contributed by atoms with Gasteiger partial charge >= 0.3 is 5.97 Å². The van der Waals surface area contributed by atoms with Gasteiger partial charge in [0.2, 0.25) is 6.17 Å². The third kappa shape index (κ3) is 2.81. The minimum Gasteiger partial charge on any atom is -0.464 e. The van der Waals surface area contributed by atoms with E-state index in [2.05, 4.69) is 9.72 Å². The number of rotatable bonds is 5. The van der Waals surface area contributed by atoms with Crippen LogP contribution in [0.1, 0.15) is 26.0 Å². The first-order chi connectivity index (χ1) is 8.45. The van der Waals surface area contributed by atoms with Crippen molar-refractivity contribution in [3.8, 4) is 0 Å². The number of hydrogen-bond donors (Lipinski definition) is 1. The number of ether oxygens (including phenoxy) is 1. The van der Waals surface area contributed by atoms with Crippen LogP contribution in [0, 0.1) is 5.82 Å². The molecule has 1 rings (SSSR count). The Morgan fingerprint density at radius 2 is 2.22 bits per heavy atom. The summed E-state index contributed by atoms with van der Waals surface area (Å²) in [5, 5.41) is 10.2. The van der Waals surface area contributed by atoms with Crippen molar-refractivity contribution in [1.82, 2.24) is 4.98 Å². The lowest BCUT2D eigenvalue weighted by atomic mass is 9.90. The number of carbonyl (C=O) groups excluding carboxylic acids is 1. The van der Waals surface area contributed by atoms with Crippen LogP contribution in [0.4, 0.5) is 8.78 Å². The van der Waals surface area contributed by atoms with Crippen molar-refractivity contribution in [3.63, 3.8) is 0 Å². The number of hydrogen-bond acceptors (Lipinski definition) is 4. The maximum atomic E-state index is 14.0. The maximum absolute atomic E-state index is 14.0. The van der Waals surface area contributed by atoms with Gasteiger partial charge in [-0.2, -0.15) is 0 Å². The third-order valence-electron chi connectivity index (χ3n) is 2.62. The molecule has 100 valence electrons. The Labute approximate surface area is 104 Å². The second kappa shape index (κ2) is 5.86. The zero-order valence-corrected chi connectivity index (χ0v) is 10.2. The lowest BCUT2D eigenvalue weighted by Crippen LogP contribution is -2.43. The van der Waals surface area contributed by atoms with Crippen LogP contribution in [0.3, 0.4) is 0 Å². The molecule has 0 fully saturated rings. The van der Waals surface area contributed by atoms with E-state index in [4.69, 9.17) is 0 Å². The van der Waals surface area contributed by atoms with Crippen molar-refractivity contribution in [2.45, 2.75) is 32.0 Å². The summed E-state index contributed by atoms with van der Waals surface area (Å²) in [6.45, 7) is 3.04. The molecule has 0 saturated heterocycles. The predicted molar refractivity (Wildman–Crippen MR) is 59.9 cm³/mol. The van der Waals surface area contributed by atoms with E-state index in [1.807, 2.05) is 0 Å². The van der Waals surface area contributed by atoms with Gasteiger partial charge in [0.25, 0.3) is 0 Å². The van der Waals surface area contributed by atoms with Gasteiger partial charge in [-0.25, -0.2) is 13.6 Å². The molecule has 1 aromatic rings. The van der Waals surface area contributed by atoms with Gasteiger partial charge in [0, 0.05) is 0 Å². The number of halogens is 2. The minimum absolute atomic E-state index is 0.00982. The monoisotopic (exact) mass is 259 g/mol. The van der Waals surface area contributed by atoms with E-state index in [0.717, 1.165) is 18.3 Å². The van der Waals surface area contributed by atoms with Gasteiger partial charge in [0.05, 0.1) is 18.5 Å². The van der Waals surface area contributed by atoms with Crippen LogP contribution in [0.2, 0.25) is 0 Å². The molecule has 18 heavy (non-hydrogen) atoms. The second-order valence-corrected chi connectivity index (χ2v) is 3.75. The topological polar surface area (TPSA) is 59.4 Å². The molecular formula is C12H15F2NO3. The van der Waals surface area contributed by atoms with Crippen molar-refractivity contribution >= 4 is 5.97 Å². The summed E-state index contributed by atoms with van der Waals surface area (Å²) in [5.74, 6) is -1.77. The summed E-state index contributed by atoms with van der Waals surface area (Å²) in [4.78, 5) is 14.9. The third-order valence-corrected chi connectivity index (χ3v) is 2.62. The number of alkyl halides is 1. The highest BCUT2D eigenvalue weighted by Gasteiger charge is 2.44. The smallest absolute Gasteiger partial charge is 0.344 e. The normalized spacial score (nSPS) is 15.8. The number of aromatic nitrogens is 1. The zero-order valence-electron chi connectivity index (χ0n) is 10.2. The average molecular weight is 259 g/mol. The molecule has 0 aromatic carbocycles. The number of nitrogens with zero attached hydrogens (tertiary/aromatic N) is 1. The Morgan fingerprint density at radius 1 is 1.56 bits per heavy atom. The summed E-state index contributed by atoms with van der Waals surface area (Å²) in [6.07, 6.45) is -1.50. The highest BCUT2D eigenvalue weighted by Crippen LogP contribution is 2.30. The van der Waals surface area contributed by atoms with Crippen LogP contribution in [-0.2, 0) is 15.1 Å². The molecule has 0 bridgehead atoms. The van der Waals surface area contributed by atoms with Crippen molar-refractivity contribution in [2.75, 3.05) is 6.61 Å². The first kappa shape index (κ1) is 14.5. The number of pyridine rings is 1. The molecule has 0 amide bonds. The van der Waals surface area contributed by atoms with Gasteiger partial charge < -0.3 is 9.84 Å². The summed E-state index contributed by atoms with van der Waals surface area (Å²) < 4.78 is 31.2. The lowest BCUT2D eigenvalue weighted by Gasteiger charge is -2.28. The maximum Gasteiger partial charge on any atom is 0.344 e. The van der Waals surface area contributed by atoms with Gasteiger partial charge in [0.15, 0.2) is 0 Å². The molecule has 2 atom stereocenters. The molecule has 0 aliphatic heterocycles. The van der Waals surface area contributed by atoms with E-state index in [-0.39, 0.29) is 18.7 Å². The molecule has 0 saturated carbocycles. The van der Waals surface area contributed by atoms with Crippen LogP contribution >= 0.6 is 0 Å². The van der Waals surface area contributed by atoms with Crippen molar-refractivity contribution in [1.29, 1.82) is 0 Å². The molecule has 0 aliphatic carbocycles. The fraction of sp³-hybridized carbons (Fsp3) is 0.500. The van der Waals surface area contributed by atoms with Crippen LogP contribution in [0.5, 0.6) is 0 Å². The summed E-state index contributed by atoms with van der Waals surface area (Å²) >= 11 is 0. The minimum atomic E-state index is -2.26. The largest absolute Gasteiger partial charge is 0.464 e. The molecule has 1 N–H and O–H groups in total.